The zero-order valence-electron chi connectivity index (χ0n) is 17.4. The number of alkyl halides is 3. The molecule has 0 saturated heterocycles. The van der Waals surface area contributed by atoms with E-state index in [4.69, 9.17) is 4.74 Å². The van der Waals surface area contributed by atoms with Crippen LogP contribution in [0.1, 0.15) is 30.7 Å². The van der Waals surface area contributed by atoms with Gasteiger partial charge < -0.3 is 9.84 Å². The summed E-state index contributed by atoms with van der Waals surface area (Å²) in [4.78, 5) is 11.8. The number of para-hydroxylation sites is 1. The van der Waals surface area contributed by atoms with Crippen LogP contribution < -0.4 is 4.74 Å². The Bertz CT molecular complexity index is 1160. The van der Waals surface area contributed by atoms with Crippen LogP contribution in [0.2, 0.25) is 0 Å². The molecule has 0 spiro atoms. The third-order valence-electron chi connectivity index (χ3n) is 5.02. The molecule has 1 N–H and O–H groups in total. The predicted octanol–water partition coefficient (Wildman–Crippen LogP) is 5.41. The zero-order chi connectivity index (χ0) is 23.7. The highest BCUT2D eigenvalue weighted by molar-refractivity contribution is 5.91. The first kappa shape index (κ1) is 23.5. The molecule has 0 aliphatic heterocycles. The maximum absolute atomic E-state index is 14.0. The lowest BCUT2D eigenvalue weighted by molar-refractivity contribution is -0.231. The van der Waals surface area contributed by atoms with Crippen molar-refractivity contribution in [1.29, 1.82) is 0 Å². The average Bonchev–Trinajstić information content (AvgIpc) is 2.70. The minimum absolute atomic E-state index is 0.156. The van der Waals surface area contributed by atoms with Crippen molar-refractivity contribution in [2.45, 2.75) is 38.0 Å². The van der Waals surface area contributed by atoms with Gasteiger partial charge in [0, 0.05) is 35.5 Å². The molecule has 0 fully saturated rings. The van der Waals surface area contributed by atoms with Crippen LogP contribution in [0.5, 0.6) is 5.75 Å². The number of nitrogens with zero attached hydrogens (tertiary/aromatic N) is 3. The van der Waals surface area contributed by atoms with Crippen LogP contribution in [0.4, 0.5) is 27.6 Å². The van der Waals surface area contributed by atoms with Gasteiger partial charge in [0.15, 0.2) is 17.2 Å². The van der Waals surface area contributed by atoms with E-state index in [1.54, 1.807) is 6.92 Å². The molecule has 0 saturated carbocycles. The summed E-state index contributed by atoms with van der Waals surface area (Å²) in [5.74, 6) is -2.31. The molecule has 3 rings (SSSR count). The molecule has 0 radical (unpaired) electrons. The first-order valence-electron chi connectivity index (χ1n) is 9.55. The van der Waals surface area contributed by atoms with Crippen molar-refractivity contribution in [3.63, 3.8) is 0 Å². The highest BCUT2D eigenvalue weighted by Crippen LogP contribution is 2.40. The number of aryl methyl sites for hydroxylation is 1. The molecule has 0 bridgehead atoms. The standard InChI is InChI=1S/C22H20F5N3O2/c1-12(15-5-4-6-17(24)20(15)32-3)9-21(31,22(25,26)27)11-29-18-7-14(23)8-19-16(18)10-28-13(2)30-19/h4-8,10-12,31H,9H2,1-3H3/b29-11-. The number of aliphatic hydroxyl groups is 1. The number of hydrogen-bond donors (Lipinski definition) is 1. The molecule has 32 heavy (non-hydrogen) atoms. The summed E-state index contributed by atoms with van der Waals surface area (Å²) in [6, 6.07) is 5.90. The maximum Gasteiger partial charge on any atom is 0.422 e. The van der Waals surface area contributed by atoms with Crippen LogP contribution in [0.25, 0.3) is 10.9 Å². The summed E-state index contributed by atoms with van der Waals surface area (Å²) in [6.45, 7) is 2.98. The molecule has 1 aromatic heterocycles. The van der Waals surface area contributed by atoms with Crippen LogP contribution in [0.3, 0.4) is 0 Å². The number of fused-ring (bicyclic) bond motifs is 1. The highest BCUT2D eigenvalue weighted by Gasteiger charge is 2.53. The minimum Gasteiger partial charge on any atom is -0.493 e. The van der Waals surface area contributed by atoms with E-state index in [0.717, 1.165) is 18.2 Å². The van der Waals surface area contributed by atoms with Gasteiger partial charge >= 0.3 is 6.18 Å². The van der Waals surface area contributed by atoms with Crippen molar-refractivity contribution in [1.82, 2.24) is 9.97 Å². The van der Waals surface area contributed by atoms with E-state index in [-0.39, 0.29) is 27.9 Å². The van der Waals surface area contributed by atoms with Gasteiger partial charge in [-0.1, -0.05) is 19.1 Å². The van der Waals surface area contributed by atoms with Gasteiger partial charge in [0.25, 0.3) is 0 Å². The SMILES string of the molecule is COc1c(F)cccc1C(C)CC(O)(/C=N\c1cc(F)cc2nc(C)ncc12)C(F)(F)F. The quantitative estimate of drug-likeness (QED) is 0.400. The fourth-order valence-corrected chi connectivity index (χ4v) is 3.41. The minimum atomic E-state index is -5.11. The second-order valence-electron chi connectivity index (χ2n) is 7.42. The van der Waals surface area contributed by atoms with Crippen molar-refractivity contribution in [3.05, 3.63) is 59.6 Å². The van der Waals surface area contributed by atoms with Gasteiger partial charge in [-0.05, 0) is 25.3 Å². The normalized spacial score (nSPS) is 15.2. The molecule has 2 aromatic carbocycles. The first-order valence-corrected chi connectivity index (χ1v) is 9.55. The Hall–Kier alpha value is -3.14. The van der Waals surface area contributed by atoms with E-state index in [1.165, 1.54) is 32.4 Å². The second kappa shape index (κ2) is 8.78. The highest BCUT2D eigenvalue weighted by atomic mass is 19.4. The molecule has 170 valence electrons. The molecule has 0 aliphatic rings. The lowest BCUT2D eigenvalue weighted by atomic mass is 9.86. The fourth-order valence-electron chi connectivity index (χ4n) is 3.41. The van der Waals surface area contributed by atoms with Crippen LogP contribution >= 0.6 is 0 Å². The number of rotatable bonds is 6. The van der Waals surface area contributed by atoms with Crippen molar-refractivity contribution in [2.24, 2.45) is 4.99 Å². The summed E-state index contributed by atoms with van der Waals surface area (Å²) in [6.07, 6.45) is -4.34. The lowest BCUT2D eigenvalue weighted by Gasteiger charge is -2.30. The number of halogens is 5. The summed E-state index contributed by atoms with van der Waals surface area (Å²) in [5, 5.41) is 10.7. The van der Waals surface area contributed by atoms with Crippen LogP contribution in [0.15, 0.2) is 41.5 Å². The topological polar surface area (TPSA) is 67.6 Å². The van der Waals surface area contributed by atoms with Crippen molar-refractivity contribution < 1.29 is 31.8 Å². The third kappa shape index (κ3) is 4.69. The molecule has 1 heterocycles. The summed E-state index contributed by atoms with van der Waals surface area (Å²) < 4.78 is 74.5. The monoisotopic (exact) mass is 453 g/mol. The molecule has 2 atom stereocenters. The third-order valence-corrected chi connectivity index (χ3v) is 5.02. The number of aromatic nitrogens is 2. The molecule has 10 heteroatoms. The number of hydrogen-bond acceptors (Lipinski definition) is 5. The second-order valence-corrected chi connectivity index (χ2v) is 7.42. The lowest BCUT2D eigenvalue weighted by Crippen LogP contribution is -2.47. The fraction of sp³-hybridized carbons (Fsp3) is 0.318. The number of aliphatic imine (C=N–C) groups is 1. The number of methoxy groups -OCH3 is 1. The van der Waals surface area contributed by atoms with Crippen molar-refractivity contribution >= 4 is 22.8 Å². The van der Waals surface area contributed by atoms with Crippen molar-refractivity contribution in [3.8, 4) is 5.75 Å². The maximum atomic E-state index is 14.0. The Balaban J connectivity index is 2.02. The van der Waals surface area contributed by atoms with E-state index >= 15 is 0 Å². The summed E-state index contributed by atoms with van der Waals surface area (Å²) in [7, 11) is 1.20. The largest absolute Gasteiger partial charge is 0.493 e. The molecule has 3 aromatic rings. The molecule has 2 unspecified atom stereocenters. The average molecular weight is 453 g/mol. The summed E-state index contributed by atoms with van der Waals surface area (Å²) >= 11 is 0. The van der Waals surface area contributed by atoms with Gasteiger partial charge in [0.1, 0.15) is 11.6 Å². The van der Waals surface area contributed by atoms with Gasteiger partial charge in [0.2, 0.25) is 0 Å². The molecule has 5 nitrogen and oxygen atoms in total. The van der Waals surface area contributed by atoms with E-state index in [1.807, 2.05) is 0 Å². The predicted molar refractivity (Wildman–Crippen MR) is 109 cm³/mol. The Kier molecular flexibility index (Phi) is 6.45. The first-order chi connectivity index (χ1) is 14.9. The van der Waals surface area contributed by atoms with E-state index in [2.05, 4.69) is 15.0 Å². The Morgan fingerprint density at radius 2 is 1.94 bits per heavy atom. The van der Waals surface area contributed by atoms with Crippen LogP contribution in [-0.4, -0.2) is 40.2 Å². The van der Waals surface area contributed by atoms with Gasteiger partial charge in [-0.25, -0.2) is 18.7 Å². The number of benzene rings is 2. The van der Waals surface area contributed by atoms with Gasteiger partial charge in [-0.2, -0.15) is 13.2 Å². The molecular formula is C22H20F5N3O2. The van der Waals surface area contributed by atoms with E-state index in [0.29, 0.717) is 12.0 Å². The Morgan fingerprint density at radius 1 is 1.22 bits per heavy atom. The zero-order valence-corrected chi connectivity index (χ0v) is 17.4. The van der Waals surface area contributed by atoms with Gasteiger partial charge in [-0.3, -0.25) is 4.99 Å². The van der Waals surface area contributed by atoms with Gasteiger partial charge in [-0.15, -0.1) is 0 Å². The Morgan fingerprint density at radius 3 is 2.59 bits per heavy atom. The van der Waals surface area contributed by atoms with E-state index < -0.39 is 35.8 Å². The van der Waals surface area contributed by atoms with Crippen molar-refractivity contribution in [2.75, 3.05) is 7.11 Å². The molecule has 0 amide bonds. The Labute approximate surface area is 180 Å². The molecule has 0 aliphatic carbocycles. The summed E-state index contributed by atoms with van der Waals surface area (Å²) in [5.41, 5.74) is -3.23. The van der Waals surface area contributed by atoms with Crippen LogP contribution in [0, 0.1) is 18.6 Å². The van der Waals surface area contributed by atoms with Gasteiger partial charge in [0.05, 0.1) is 18.3 Å². The van der Waals surface area contributed by atoms with Crippen LogP contribution in [-0.2, 0) is 0 Å². The number of ether oxygens (including phenoxy) is 1. The van der Waals surface area contributed by atoms with E-state index in [9.17, 15) is 27.1 Å². The molecular weight excluding hydrogens is 433 g/mol. The smallest absolute Gasteiger partial charge is 0.422 e.